The molecule has 0 bridgehead atoms. The number of nitrogens with one attached hydrogen (secondary N) is 1. The molecule has 0 radical (unpaired) electrons. The van der Waals surface area contributed by atoms with Gasteiger partial charge in [-0.3, -0.25) is 0 Å². The molecule has 18 heavy (non-hydrogen) atoms. The van der Waals surface area contributed by atoms with Crippen LogP contribution in [0.25, 0.3) is 0 Å². The van der Waals surface area contributed by atoms with Gasteiger partial charge in [-0.1, -0.05) is 12.1 Å². The lowest BCUT2D eigenvalue weighted by atomic mass is 10.1. The van der Waals surface area contributed by atoms with Crippen molar-refractivity contribution in [2.75, 3.05) is 21.3 Å². The van der Waals surface area contributed by atoms with Crippen molar-refractivity contribution in [3.63, 3.8) is 0 Å². The minimum atomic E-state index is -0.301. The second-order valence-corrected chi connectivity index (χ2v) is 4.49. The molecule has 1 atom stereocenters. The largest absolute Gasteiger partial charge is 0.490 e. The van der Waals surface area contributed by atoms with Gasteiger partial charge in [-0.25, -0.2) is 0 Å². The minimum Gasteiger partial charge on any atom is -0.490 e. The van der Waals surface area contributed by atoms with E-state index >= 15 is 0 Å². The Hall–Kier alpha value is -1.10. The standard InChI is InChI=1S/C14H21NO3/c1-15-13(14(16-2)17-3)10-4-6-11(7-5-10)18-12-8-9-12/h4-7,12-15H,8-9H2,1-3H3. The molecule has 4 nitrogen and oxygen atoms in total. The van der Waals surface area contributed by atoms with E-state index in [0.717, 1.165) is 11.3 Å². The Balaban J connectivity index is 2.05. The fraction of sp³-hybridized carbons (Fsp3) is 0.571. The van der Waals surface area contributed by atoms with Gasteiger partial charge in [0.15, 0.2) is 6.29 Å². The maximum Gasteiger partial charge on any atom is 0.176 e. The molecule has 2 rings (SSSR count). The Morgan fingerprint density at radius 2 is 1.72 bits per heavy atom. The summed E-state index contributed by atoms with van der Waals surface area (Å²) < 4.78 is 16.3. The first kappa shape index (κ1) is 13.3. The summed E-state index contributed by atoms with van der Waals surface area (Å²) in [6.45, 7) is 0. The lowest BCUT2D eigenvalue weighted by Crippen LogP contribution is -2.32. The van der Waals surface area contributed by atoms with Gasteiger partial charge in [0.1, 0.15) is 5.75 Å². The number of ether oxygens (including phenoxy) is 3. The summed E-state index contributed by atoms with van der Waals surface area (Å²) in [7, 11) is 5.18. The van der Waals surface area contributed by atoms with Gasteiger partial charge in [0.25, 0.3) is 0 Å². The van der Waals surface area contributed by atoms with Gasteiger partial charge in [0.2, 0.25) is 0 Å². The zero-order valence-corrected chi connectivity index (χ0v) is 11.2. The van der Waals surface area contributed by atoms with E-state index in [-0.39, 0.29) is 12.3 Å². The summed E-state index contributed by atoms with van der Waals surface area (Å²) in [6, 6.07) is 8.10. The molecule has 4 heteroatoms. The summed E-state index contributed by atoms with van der Waals surface area (Å²) in [5.74, 6) is 0.933. The van der Waals surface area contributed by atoms with E-state index in [1.54, 1.807) is 14.2 Å². The number of rotatable bonds is 7. The molecule has 1 aliphatic rings. The van der Waals surface area contributed by atoms with Crippen LogP contribution in [0.3, 0.4) is 0 Å². The molecule has 100 valence electrons. The Morgan fingerprint density at radius 3 is 2.17 bits per heavy atom. The highest BCUT2D eigenvalue weighted by atomic mass is 16.7. The predicted octanol–water partition coefficient (Wildman–Crippen LogP) is 2.11. The van der Waals surface area contributed by atoms with Crippen molar-refractivity contribution in [3.8, 4) is 5.75 Å². The molecule has 0 aliphatic heterocycles. The number of methoxy groups -OCH3 is 2. The SMILES string of the molecule is CNC(c1ccc(OC2CC2)cc1)C(OC)OC. The van der Waals surface area contributed by atoms with Gasteiger partial charge in [-0.05, 0) is 37.6 Å². The van der Waals surface area contributed by atoms with Crippen molar-refractivity contribution in [1.82, 2.24) is 5.32 Å². The molecule has 0 amide bonds. The van der Waals surface area contributed by atoms with Gasteiger partial charge in [0, 0.05) is 14.2 Å². The molecule has 1 N–H and O–H groups in total. The third-order valence-electron chi connectivity index (χ3n) is 3.11. The highest BCUT2D eigenvalue weighted by molar-refractivity contribution is 5.30. The number of likely N-dealkylation sites (N-methyl/N-ethyl adjacent to an activating group) is 1. The number of hydrogen-bond acceptors (Lipinski definition) is 4. The molecular formula is C14H21NO3. The van der Waals surface area contributed by atoms with Gasteiger partial charge in [-0.2, -0.15) is 0 Å². The van der Waals surface area contributed by atoms with E-state index in [4.69, 9.17) is 14.2 Å². The van der Waals surface area contributed by atoms with Gasteiger partial charge < -0.3 is 19.5 Å². The van der Waals surface area contributed by atoms with Crippen LogP contribution in [-0.2, 0) is 9.47 Å². The highest BCUT2D eigenvalue weighted by Gasteiger charge is 2.24. The van der Waals surface area contributed by atoms with Crippen LogP contribution in [-0.4, -0.2) is 33.7 Å². The second-order valence-electron chi connectivity index (χ2n) is 4.49. The van der Waals surface area contributed by atoms with E-state index in [0.29, 0.717) is 6.10 Å². The second kappa shape index (κ2) is 6.18. The van der Waals surface area contributed by atoms with Crippen LogP contribution in [0.15, 0.2) is 24.3 Å². The van der Waals surface area contributed by atoms with Gasteiger partial charge in [-0.15, -0.1) is 0 Å². The smallest absolute Gasteiger partial charge is 0.176 e. The quantitative estimate of drug-likeness (QED) is 0.753. The number of hydrogen-bond donors (Lipinski definition) is 1. The Labute approximate surface area is 108 Å². The number of benzene rings is 1. The third-order valence-corrected chi connectivity index (χ3v) is 3.11. The highest BCUT2D eigenvalue weighted by Crippen LogP contribution is 2.28. The van der Waals surface area contributed by atoms with Crippen molar-refractivity contribution in [2.24, 2.45) is 0 Å². The lowest BCUT2D eigenvalue weighted by molar-refractivity contribution is -0.123. The van der Waals surface area contributed by atoms with E-state index in [2.05, 4.69) is 5.32 Å². The minimum absolute atomic E-state index is 0.00924. The average molecular weight is 251 g/mol. The van der Waals surface area contributed by atoms with Crippen LogP contribution in [0.4, 0.5) is 0 Å². The molecule has 0 spiro atoms. The first-order valence-corrected chi connectivity index (χ1v) is 6.28. The summed E-state index contributed by atoms with van der Waals surface area (Å²) >= 11 is 0. The van der Waals surface area contributed by atoms with E-state index in [1.807, 2.05) is 31.3 Å². The first-order chi connectivity index (χ1) is 8.78. The molecule has 1 aliphatic carbocycles. The maximum absolute atomic E-state index is 5.72. The Kier molecular flexibility index (Phi) is 4.58. The van der Waals surface area contributed by atoms with Crippen molar-refractivity contribution in [3.05, 3.63) is 29.8 Å². The van der Waals surface area contributed by atoms with Crippen LogP contribution >= 0.6 is 0 Å². The summed E-state index contributed by atoms with van der Waals surface area (Å²) in [4.78, 5) is 0. The summed E-state index contributed by atoms with van der Waals surface area (Å²) in [5, 5.41) is 3.20. The average Bonchev–Trinajstić information content (AvgIpc) is 3.21. The Morgan fingerprint density at radius 1 is 1.11 bits per heavy atom. The lowest BCUT2D eigenvalue weighted by Gasteiger charge is -2.24. The Bertz CT molecular complexity index is 358. The molecule has 1 unspecified atom stereocenters. The molecular weight excluding hydrogens is 230 g/mol. The first-order valence-electron chi connectivity index (χ1n) is 6.28. The molecule has 1 aromatic carbocycles. The molecule has 1 aromatic rings. The fourth-order valence-corrected chi connectivity index (χ4v) is 1.96. The fourth-order valence-electron chi connectivity index (χ4n) is 1.96. The van der Waals surface area contributed by atoms with Crippen LogP contribution < -0.4 is 10.1 Å². The predicted molar refractivity (Wildman–Crippen MR) is 69.7 cm³/mol. The van der Waals surface area contributed by atoms with Crippen molar-refractivity contribution >= 4 is 0 Å². The summed E-state index contributed by atoms with van der Waals surface area (Å²) in [5.41, 5.74) is 1.12. The van der Waals surface area contributed by atoms with Crippen LogP contribution in [0.1, 0.15) is 24.4 Å². The van der Waals surface area contributed by atoms with Gasteiger partial charge >= 0.3 is 0 Å². The van der Waals surface area contributed by atoms with E-state index in [9.17, 15) is 0 Å². The zero-order chi connectivity index (χ0) is 13.0. The zero-order valence-electron chi connectivity index (χ0n) is 11.2. The normalized spacial score (nSPS) is 16.9. The summed E-state index contributed by atoms with van der Waals surface area (Å²) in [6.07, 6.45) is 2.49. The topological polar surface area (TPSA) is 39.7 Å². The molecule has 1 saturated carbocycles. The maximum atomic E-state index is 5.72. The van der Waals surface area contributed by atoms with Gasteiger partial charge in [0.05, 0.1) is 12.1 Å². The van der Waals surface area contributed by atoms with Crippen LogP contribution in [0, 0.1) is 0 Å². The van der Waals surface area contributed by atoms with Crippen LogP contribution in [0.5, 0.6) is 5.75 Å². The van der Waals surface area contributed by atoms with Crippen molar-refractivity contribution < 1.29 is 14.2 Å². The van der Waals surface area contributed by atoms with E-state index in [1.165, 1.54) is 12.8 Å². The molecule has 1 fully saturated rings. The third kappa shape index (κ3) is 3.22. The van der Waals surface area contributed by atoms with E-state index < -0.39 is 0 Å². The molecule has 0 saturated heterocycles. The monoisotopic (exact) mass is 251 g/mol. The van der Waals surface area contributed by atoms with Crippen molar-refractivity contribution in [2.45, 2.75) is 31.3 Å². The van der Waals surface area contributed by atoms with Crippen LogP contribution in [0.2, 0.25) is 0 Å². The molecule has 0 heterocycles. The van der Waals surface area contributed by atoms with Crippen molar-refractivity contribution in [1.29, 1.82) is 0 Å². The molecule has 0 aromatic heterocycles.